The maximum absolute atomic E-state index is 16.1. The van der Waals surface area contributed by atoms with E-state index in [-0.39, 0.29) is 42.8 Å². The van der Waals surface area contributed by atoms with Crippen LogP contribution in [0.5, 0.6) is 0 Å². The number of nitrogens with zero attached hydrogens (tertiary/aromatic N) is 3. The van der Waals surface area contributed by atoms with Crippen LogP contribution >= 0.6 is 0 Å². The van der Waals surface area contributed by atoms with Crippen LogP contribution in [0.15, 0.2) is 0 Å². The van der Waals surface area contributed by atoms with Crippen molar-refractivity contribution in [1.29, 1.82) is 0 Å². The Morgan fingerprint density at radius 1 is 1.10 bits per heavy atom. The molecule has 2 N–H and O–H groups in total. The number of hydrogen-bond acceptors (Lipinski definition) is 6. The van der Waals surface area contributed by atoms with Gasteiger partial charge in [0.05, 0.1) is 31.2 Å². The van der Waals surface area contributed by atoms with E-state index in [9.17, 15) is 18.0 Å². The van der Waals surface area contributed by atoms with Gasteiger partial charge in [0.1, 0.15) is 12.3 Å². The summed E-state index contributed by atoms with van der Waals surface area (Å²) in [6.07, 6.45) is 1.58. The van der Waals surface area contributed by atoms with Crippen molar-refractivity contribution in [2.75, 3.05) is 46.6 Å². The lowest BCUT2D eigenvalue weighted by molar-refractivity contribution is -0.206. The lowest BCUT2D eigenvalue weighted by Gasteiger charge is -2.53. The minimum atomic E-state index is -4.31. The van der Waals surface area contributed by atoms with Crippen LogP contribution in [0.2, 0.25) is 0 Å². The molecule has 0 radical (unpaired) electrons. The number of fused-ring (bicyclic) bond motifs is 1. The fourth-order valence-electron chi connectivity index (χ4n) is 9.77. The molecule has 232 valence electrons. The number of alkyl halides is 4. The molecule has 4 aliphatic heterocycles. The largest absolute Gasteiger partial charge is 0.392 e. The zero-order valence-electron chi connectivity index (χ0n) is 24.5. The Morgan fingerprint density at radius 3 is 2.49 bits per heavy atom. The Balaban J connectivity index is 1.07. The number of hydrogen-bond donors (Lipinski definition) is 2. The number of carbonyl (C=O) groups is 1. The molecule has 7 unspecified atom stereocenters. The van der Waals surface area contributed by atoms with Crippen molar-refractivity contribution in [3.63, 3.8) is 0 Å². The number of halogens is 4. The van der Waals surface area contributed by atoms with Crippen molar-refractivity contribution in [1.82, 2.24) is 25.6 Å². The summed E-state index contributed by atoms with van der Waals surface area (Å²) in [6.45, 7) is 5.52. The Kier molecular flexibility index (Phi) is 7.21. The third-order valence-corrected chi connectivity index (χ3v) is 12.8. The highest BCUT2D eigenvalue weighted by atomic mass is 19.4. The van der Waals surface area contributed by atoms with E-state index in [1.54, 1.807) is 0 Å². The summed E-state index contributed by atoms with van der Waals surface area (Å²) in [7, 11) is 1.88. The molecule has 1 amide bonds. The maximum atomic E-state index is 16.1. The predicted octanol–water partition coefficient (Wildman–Crippen LogP) is 3.76. The SMILES string of the molecule is C[C@H](C1CC2C(=O)N(C3CCCC(C4([C@H](F)C5NNCN5C)COC4)C3)CC2C(C(F)(F)F)C1)N1CCC2(CC2)C1. The zero-order valence-corrected chi connectivity index (χ0v) is 24.5. The molecule has 0 aromatic heterocycles. The lowest BCUT2D eigenvalue weighted by Crippen LogP contribution is -2.63. The molecule has 4 heterocycles. The van der Waals surface area contributed by atoms with Crippen LogP contribution < -0.4 is 10.9 Å². The van der Waals surface area contributed by atoms with Crippen molar-refractivity contribution in [3.05, 3.63) is 0 Å². The summed E-state index contributed by atoms with van der Waals surface area (Å²) in [5.41, 5.74) is 5.87. The quantitative estimate of drug-likeness (QED) is 0.463. The third kappa shape index (κ3) is 4.84. The molecule has 0 aromatic carbocycles. The molecule has 9 atom stereocenters. The van der Waals surface area contributed by atoms with E-state index in [1.807, 2.05) is 16.8 Å². The smallest absolute Gasteiger partial charge is 0.380 e. The highest BCUT2D eigenvalue weighted by molar-refractivity contribution is 5.82. The molecule has 11 heteroatoms. The maximum Gasteiger partial charge on any atom is 0.392 e. The second-order valence-corrected chi connectivity index (χ2v) is 14.9. The number of likely N-dealkylation sites (tertiary alicyclic amines) is 2. The van der Waals surface area contributed by atoms with Crippen LogP contribution in [-0.4, -0.2) is 97.8 Å². The van der Waals surface area contributed by atoms with Gasteiger partial charge < -0.3 is 9.64 Å². The molecule has 3 aliphatic carbocycles. The number of ether oxygens (including phenoxy) is 1. The molecule has 0 aromatic rings. The minimum absolute atomic E-state index is 0.0346. The van der Waals surface area contributed by atoms with Gasteiger partial charge in [-0.25, -0.2) is 15.2 Å². The van der Waals surface area contributed by atoms with Gasteiger partial charge in [0, 0.05) is 31.1 Å². The summed E-state index contributed by atoms with van der Waals surface area (Å²) in [4.78, 5) is 20.1. The highest BCUT2D eigenvalue weighted by Gasteiger charge is 2.61. The van der Waals surface area contributed by atoms with Gasteiger partial charge in [-0.2, -0.15) is 13.2 Å². The van der Waals surface area contributed by atoms with Crippen LogP contribution in [0.4, 0.5) is 17.6 Å². The summed E-state index contributed by atoms with van der Waals surface area (Å²) in [5.74, 6) is -2.82. The second-order valence-electron chi connectivity index (χ2n) is 14.9. The number of carbonyl (C=O) groups excluding carboxylic acids is 1. The minimum Gasteiger partial charge on any atom is -0.380 e. The summed E-state index contributed by atoms with van der Waals surface area (Å²) < 4.78 is 65.4. The molecule has 0 bridgehead atoms. The monoisotopic (exact) mass is 585 g/mol. The second kappa shape index (κ2) is 10.3. The zero-order chi connectivity index (χ0) is 28.7. The highest BCUT2D eigenvalue weighted by Crippen LogP contribution is 2.56. The topological polar surface area (TPSA) is 60.1 Å². The van der Waals surface area contributed by atoms with Crippen LogP contribution in [0.3, 0.4) is 0 Å². The normalized spacial score (nSPS) is 42.3. The standard InChI is InChI=1S/C30H47F4N5O2/c1-18(38-9-8-28(14-38)6-7-28)19-10-22-23(24(11-19)30(32,33)34)13-39(27(22)40)21-5-3-4-20(12-21)29(15-41-16-29)25(31)26-36-35-17-37(26)2/h18-26,35-36H,3-17H2,1-2H3/t18-,19?,20?,21?,22?,23?,24?,25-,26?/m1/s1. The van der Waals surface area contributed by atoms with Crippen molar-refractivity contribution in [2.24, 2.45) is 40.4 Å². The van der Waals surface area contributed by atoms with Gasteiger partial charge in [0.15, 0.2) is 0 Å². The van der Waals surface area contributed by atoms with Crippen molar-refractivity contribution >= 4 is 5.91 Å². The van der Waals surface area contributed by atoms with Gasteiger partial charge in [-0.05, 0) is 95.1 Å². The third-order valence-electron chi connectivity index (χ3n) is 12.8. The van der Waals surface area contributed by atoms with Crippen molar-refractivity contribution in [3.8, 4) is 0 Å². The first-order valence-corrected chi connectivity index (χ1v) is 16.0. The molecule has 7 rings (SSSR count). The first-order chi connectivity index (χ1) is 19.5. The first-order valence-electron chi connectivity index (χ1n) is 16.0. The van der Waals surface area contributed by atoms with E-state index in [0.717, 1.165) is 38.8 Å². The summed E-state index contributed by atoms with van der Waals surface area (Å²) >= 11 is 0. The summed E-state index contributed by atoms with van der Waals surface area (Å²) in [5, 5.41) is 0. The molecule has 3 saturated carbocycles. The Bertz CT molecular complexity index is 1010. The van der Waals surface area contributed by atoms with Crippen molar-refractivity contribution < 1.29 is 27.1 Å². The molecule has 7 aliphatic rings. The van der Waals surface area contributed by atoms with Crippen LogP contribution in [-0.2, 0) is 9.53 Å². The fraction of sp³-hybridized carbons (Fsp3) is 0.967. The van der Waals surface area contributed by atoms with Crippen molar-refractivity contribution in [2.45, 2.75) is 95.3 Å². The molecule has 7 nitrogen and oxygen atoms in total. The first kappa shape index (κ1) is 28.7. The number of hydrazine groups is 1. The van der Waals surface area contributed by atoms with Gasteiger partial charge in [-0.15, -0.1) is 0 Å². The molecule has 7 fully saturated rings. The van der Waals surface area contributed by atoms with Crippen LogP contribution in [0.25, 0.3) is 0 Å². The Labute approximate surface area is 241 Å². The number of rotatable bonds is 6. The molecular formula is C30H47F4N5O2. The van der Waals surface area contributed by atoms with Gasteiger partial charge in [-0.1, -0.05) is 6.42 Å². The van der Waals surface area contributed by atoms with Crippen LogP contribution in [0, 0.1) is 40.4 Å². The van der Waals surface area contributed by atoms with E-state index in [0.29, 0.717) is 38.1 Å². The number of nitrogens with one attached hydrogen (secondary N) is 2. The summed E-state index contributed by atoms with van der Waals surface area (Å²) in [6, 6.07) is -0.0551. The molecular weight excluding hydrogens is 538 g/mol. The Hall–Kier alpha value is -1.01. The average molecular weight is 586 g/mol. The average Bonchev–Trinajstić information content (AvgIpc) is 3.19. The van der Waals surface area contributed by atoms with Gasteiger partial charge in [0.25, 0.3) is 0 Å². The molecule has 41 heavy (non-hydrogen) atoms. The predicted molar refractivity (Wildman–Crippen MR) is 145 cm³/mol. The van der Waals surface area contributed by atoms with E-state index in [2.05, 4.69) is 22.7 Å². The molecule has 1 spiro atoms. The molecule has 4 saturated heterocycles. The number of amides is 1. The van der Waals surface area contributed by atoms with Gasteiger partial charge in [0.2, 0.25) is 5.91 Å². The fourth-order valence-corrected chi connectivity index (χ4v) is 9.77. The van der Waals surface area contributed by atoms with Gasteiger partial charge in [-0.3, -0.25) is 14.6 Å². The lowest BCUT2D eigenvalue weighted by atomic mass is 9.63. The van der Waals surface area contributed by atoms with E-state index in [4.69, 9.17) is 4.74 Å². The Morgan fingerprint density at radius 2 is 1.88 bits per heavy atom. The van der Waals surface area contributed by atoms with Gasteiger partial charge >= 0.3 is 6.18 Å². The van der Waals surface area contributed by atoms with E-state index >= 15 is 4.39 Å². The van der Waals surface area contributed by atoms with E-state index in [1.165, 1.54) is 12.8 Å². The van der Waals surface area contributed by atoms with Crippen LogP contribution in [0.1, 0.15) is 64.7 Å². The van der Waals surface area contributed by atoms with E-state index < -0.39 is 41.7 Å².